The van der Waals surface area contributed by atoms with Crippen LogP contribution in [0.2, 0.25) is 0 Å². The minimum atomic E-state index is -4.39. The molecule has 100 valence electrons. The first-order valence-corrected chi connectivity index (χ1v) is 5.78. The molecule has 2 aromatic rings. The van der Waals surface area contributed by atoms with Gasteiger partial charge in [0.25, 0.3) is 0 Å². The summed E-state index contributed by atoms with van der Waals surface area (Å²) in [6.07, 6.45) is -3.20. The Kier molecular flexibility index (Phi) is 3.74. The van der Waals surface area contributed by atoms with Crippen LogP contribution in [-0.4, -0.2) is 4.98 Å². The van der Waals surface area contributed by atoms with E-state index in [-0.39, 0.29) is 0 Å². The molecule has 0 atom stereocenters. The normalized spacial score (nSPS) is 11.4. The summed E-state index contributed by atoms with van der Waals surface area (Å²) in [6, 6.07) is 10.3. The second kappa shape index (κ2) is 5.30. The summed E-state index contributed by atoms with van der Waals surface area (Å²) in [5.74, 6) is 0. The second-order valence-corrected chi connectivity index (χ2v) is 4.27. The van der Waals surface area contributed by atoms with Crippen LogP contribution in [0.5, 0.6) is 0 Å². The number of aryl methyl sites for hydroxylation is 1. The van der Waals surface area contributed by atoms with E-state index in [0.29, 0.717) is 12.2 Å². The highest BCUT2D eigenvalue weighted by molar-refractivity contribution is 5.42. The van der Waals surface area contributed by atoms with E-state index in [2.05, 4.69) is 10.3 Å². The molecule has 2 nitrogen and oxygen atoms in total. The van der Waals surface area contributed by atoms with E-state index in [9.17, 15) is 13.2 Å². The number of benzene rings is 1. The van der Waals surface area contributed by atoms with Crippen molar-refractivity contribution in [3.8, 4) is 0 Å². The fourth-order valence-corrected chi connectivity index (χ4v) is 1.69. The van der Waals surface area contributed by atoms with E-state index in [1.807, 2.05) is 31.2 Å². The molecule has 1 aromatic heterocycles. The second-order valence-electron chi connectivity index (χ2n) is 4.27. The Morgan fingerprint density at radius 2 is 1.95 bits per heavy atom. The van der Waals surface area contributed by atoms with Gasteiger partial charge < -0.3 is 5.32 Å². The van der Waals surface area contributed by atoms with Gasteiger partial charge in [0, 0.05) is 6.54 Å². The van der Waals surface area contributed by atoms with Crippen LogP contribution in [0.25, 0.3) is 0 Å². The smallest absolute Gasteiger partial charge is 0.380 e. The fraction of sp³-hybridized carbons (Fsp3) is 0.214. The summed E-state index contributed by atoms with van der Waals surface area (Å²) in [5.41, 5.74) is 1.90. The molecule has 0 aliphatic carbocycles. The number of hydrogen-bond donors (Lipinski definition) is 1. The molecule has 0 unspecified atom stereocenters. The minimum Gasteiger partial charge on any atom is -0.380 e. The highest BCUT2D eigenvalue weighted by Crippen LogP contribution is 2.27. The molecule has 0 aliphatic heterocycles. The number of nitrogens with one attached hydrogen (secondary N) is 1. The third kappa shape index (κ3) is 3.71. The van der Waals surface area contributed by atoms with E-state index in [0.717, 1.165) is 17.2 Å². The third-order valence-corrected chi connectivity index (χ3v) is 2.63. The van der Waals surface area contributed by atoms with Crippen LogP contribution in [0.4, 0.5) is 18.9 Å². The van der Waals surface area contributed by atoms with Crippen molar-refractivity contribution in [3.63, 3.8) is 0 Å². The molecule has 1 heterocycles. The lowest BCUT2D eigenvalue weighted by atomic mass is 10.1. The summed E-state index contributed by atoms with van der Waals surface area (Å²) in [4.78, 5) is 3.39. The standard InChI is InChI=1S/C14H13F3N2/c1-10-3-2-4-11(7-10)8-18-12-5-6-13(19-9-12)14(15,16)17/h2-7,9,18H,8H2,1H3. The van der Waals surface area contributed by atoms with Gasteiger partial charge in [-0.15, -0.1) is 0 Å². The van der Waals surface area contributed by atoms with Crippen LogP contribution in [0, 0.1) is 6.92 Å². The molecule has 0 bridgehead atoms. The maximum absolute atomic E-state index is 12.3. The average Bonchev–Trinajstić information content (AvgIpc) is 2.36. The number of hydrogen-bond acceptors (Lipinski definition) is 2. The number of nitrogens with zero attached hydrogens (tertiary/aromatic N) is 1. The van der Waals surface area contributed by atoms with Gasteiger partial charge in [0.1, 0.15) is 5.69 Å². The molecule has 0 spiro atoms. The van der Waals surface area contributed by atoms with Crippen LogP contribution < -0.4 is 5.32 Å². The van der Waals surface area contributed by atoms with Gasteiger partial charge in [-0.1, -0.05) is 29.8 Å². The van der Waals surface area contributed by atoms with Gasteiger partial charge >= 0.3 is 6.18 Å². The Morgan fingerprint density at radius 3 is 2.53 bits per heavy atom. The van der Waals surface area contributed by atoms with Crippen LogP contribution in [0.15, 0.2) is 42.6 Å². The first-order chi connectivity index (χ1) is 8.95. The first kappa shape index (κ1) is 13.4. The van der Waals surface area contributed by atoms with Crippen molar-refractivity contribution in [1.29, 1.82) is 0 Å². The van der Waals surface area contributed by atoms with Crippen LogP contribution in [-0.2, 0) is 12.7 Å². The van der Waals surface area contributed by atoms with E-state index >= 15 is 0 Å². The van der Waals surface area contributed by atoms with Crippen molar-refractivity contribution in [3.05, 3.63) is 59.4 Å². The molecule has 0 aliphatic rings. The molecular formula is C14H13F3N2. The van der Waals surface area contributed by atoms with E-state index in [1.54, 1.807) is 0 Å². The van der Waals surface area contributed by atoms with E-state index in [4.69, 9.17) is 0 Å². The summed E-state index contributed by atoms with van der Waals surface area (Å²) >= 11 is 0. The number of anilines is 1. The molecule has 1 aromatic carbocycles. The van der Waals surface area contributed by atoms with Crippen LogP contribution in [0.1, 0.15) is 16.8 Å². The first-order valence-electron chi connectivity index (χ1n) is 5.78. The average molecular weight is 266 g/mol. The van der Waals surface area contributed by atoms with Crippen LogP contribution >= 0.6 is 0 Å². The fourth-order valence-electron chi connectivity index (χ4n) is 1.69. The van der Waals surface area contributed by atoms with Crippen molar-refractivity contribution in [1.82, 2.24) is 4.98 Å². The van der Waals surface area contributed by atoms with Crippen LogP contribution in [0.3, 0.4) is 0 Å². The molecule has 19 heavy (non-hydrogen) atoms. The Labute approximate surface area is 109 Å². The monoisotopic (exact) mass is 266 g/mol. The summed E-state index contributed by atoms with van der Waals surface area (Å²) < 4.78 is 37.0. The molecular weight excluding hydrogens is 253 g/mol. The molecule has 0 saturated heterocycles. The topological polar surface area (TPSA) is 24.9 Å². The van der Waals surface area contributed by atoms with Gasteiger partial charge in [-0.2, -0.15) is 13.2 Å². The molecule has 0 fully saturated rings. The SMILES string of the molecule is Cc1cccc(CNc2ccc(C(F)(F)F)nc2)c1. The van der Waals surface area contributed by atoms with Crippen molar-refractivity contribution in [2.24, 2.45) is 0 Å². The lowest BCUT2D eigenvalue weighted by Gasteiger charge is -2.09. The molecule has 1 N–H and O–H groups in total. The minimum absolute atomic E-state index is 0.550. The molecule has 2 rings (SSSR count). The van der Waals surface area contributed by atoms with Gasteiger partial charge in [0.15, 0.2) is 0 Å². The summed E-state index contributed by atoms with van der Waals surface area (Å²) in [7, 11) is 0. The highest BCUT2D eigenvalue weighted by Gasteiger charge is 2.31. The number of rotatable bonds is 3. The zero-order chi connectivity index (χ0) is 13.9. The molecule has 5 heteroatoms. The molecule has 0 radical (unpaired) electrons. The predicted octanol–water partition coefficient (Wildman–Crippen LogP) is 4.02. The highest BCUT2D eigenvalue weighted by atomic mass is 19.4. The van der Waals surface area contributed by atoms with Gasteiger partial charge in [0.2, 0.25) is 0 Å². The van der Waals surface area contributed by atoms with Gasteiger partial charge in [-0.3, -0.25) is 0 Å². The largest absolute Gasteiger partial charge is 0.433 e. The Balaban J connectivity index is 2.01. The summed E-state index contributed by atoms with van der Waals surface area (Å²) in [6.45, 7) is 2.54. The number of alkyl halides is 3. The summed E-state index contributed by atoms with van der Waals surface area (Å²) in [5, 5.41) is 3.04. The number of halogens is 3. The zero-order valence-electron chi connectivity index (χ0n) is 10.3. The van der Waals surface area contributed by atoms with Crippen molar-refractivity contribution in [2.45, 2.75) is 19.6 Å². The van der Waals surface area contributed by atoms with Crippen molar-refractivity contribution < 1.29 is 13.2 Å². The van der Waals surface area contributed by atoms with E-state index in [1.165, 1.54) is 12.3 Å². The lowest BCUT2D eigenvalue weighted by Crippen LogP contribution is -2.08. The zero-order valence-corrected chi connectivity index (χ0v) is 10.3. The maximum atomic E-state index is 12.3. The molecule has 0 amide bonds. The van der Waals surface area contributed by atoms with Gasteiger partial charge in [-0.25, -0.2) is 4.98 Å². The van der Waals surface area contributed by atoms with Crippen molar-refractivity contribution in [2.75, 3.05) is 5.32 Å². The predicted molar refractivity (Wildman–Crippen MR) is 67.7 cm³/mol. The Morgan fingerprint density at radius 1 is 1.16 bits per heavy atom. The number of pyridine rings is 1. The van der Waals surface area contributed by atoms with E-state index < -0.39 is 11.9 Å². The quantitative estimate of drug-likeness (QED) is 0.907. The lowest BCUT2D eigenvalue weighted by molar-refractivity contribution is -0.141. The molecule has 0 saturated carbocycles. The Hall–Kier alpha value is -2.04. The third-order valence-electron chi connectivity index (χ3n) is 2.63. The Bertz CT molecular complexity index is 547. The van der Waals surface area contributed by atoms with Crippen molar-refractivity contribution >= 4 is 5.69 Å². The maximum Gasteiger partial charge on any atom is 0.433 e. The van der Waals surface area contributed by atoms with Gasteiger partial charge in [0.05, 0.1) is 11.9 Å². The van der Waals surface area contributed by atoms with Gasteiger partial charge in [-0.05, 0) is 24.6 Å². The number of aromatic nitrogens is 1.